The van der Waals surface area contributed by atoms with Gasteiger partial charge in [0.15, 0.2) is 5.69 Å². The lowest BCUT2D eigenvalue weighted by atomic mass is 9.97. The third-order valence-electron chi connectivity index (χ3n) is 16.9. The number of halogens is 2. The molecule has 4 aliphatic rings. The van der Waals surface area contributed by atoms with E-state index in [9.17, 15) is 0 Å². The van der Waals surface area contributed by atoms with E-state index in [0.717, 1.165) is 35.3 Å². The van der Waals surface area contributed by atoms with Crippen molar-refractivity contribution in [1.82, 2.24) is 19.1 Å². The molecule has 13 heteroatoms. The maximum absolute atomic E-state index is 5.33. The molecular formula is C72H119I2N9S2. The molecule has 0 fully saturated rings. The fourth-order valence-electron chi connectivity index (χ4n) is 12.2. The van der Waals surface area contributed by atoms with Crippen LogP contribution in [0.1, 0.15) is 218 Å². The molecular weight excluding hydrogens is 1310 g/mol. The van der Waals surface area contributed by atoms with Crippen molar-refractivity contribution < 1.29 is 48.0 Å². The zero-order chi connectivity index (χ0) is 60.3. The van der Waals surface area contributed by atoms with Gasteiger partial charge in [-0.1, -0.05) is 194 Å². The van der Waals surface area contributed by atoms with Gasteiger partial charge in [-0.3, -0.25) is 0 Å². The van der Waals surface area contributed by atoms with Gasteiger partial charge in [0, 0.05) is 87.4 Å². The maximum atomic E-state index is 5.33. The lowest BCUT2D eigenvalue weighted by Crippen LogP contribution is -3.00. The number of unbranched alkanes of at least 4 members (excludes halogenated alkanes) is 28. The molecule has 2 aromatic rings. The first-order valence-corrected chi connectivity index (χ1v) is 34.8. The van der Waals surface area contributed by atoms with Crippen molar-refractivity contribution in [2.45, 2.75) is 219 Å². The van der Waals surface area contributed by atoms with E-state index in [-0.39, 0.29) is 48.0 Å². The van der Waals surface area contributed by atoms with Gasteiger partial charge in [-0.25, -0.2) is 19.1 Å². The smallest absolute Gasteiger partial charge is 0.232 e. The highest BCUT2D eigenvalue weighted by molar-refractivity contribution is 7.22. The average Bonchev–Trinajstić information content (AvgIpc) is 0.924. The van der Waals surface area contributed by atoms with Gasteiger partial charge in [0.25, 0.3) is 0 Å². The largest absolute Gasteiger partial charge is 1.00 e. The highest BCUT2D eigenvalue weighted by Gasteiger charge is 2.30. The maximum Gasteiger partial charge on any atom is 0.232 e. The summed E-state index contributed by atoms with van der Waals surface area (Å²) >= 11 is 3.74. The minimum Gasteiger partial charge on any atom is -1.00 e. The van der Waals surface area contributed by atoms with Gasteiger partial charge in [-0.15, -0.1) is 22.7 Å². The highest BCUT2D eigenvalue weighted by atomic mass is 127. The van der Waals surface area contributed by atoms with Crippen LogP contribution in [0, 0.1) is 0 Å². The fourth-order valence-corrected chi connectivity index (χ4v) is 14.7. The second-order valence-corrected chi connectivity index (χ2v) is 27.8. The Morgan fingerprint density at radius 2 is 0.718 bits per heavy atom. The number of nitrogens with zero attached hydrogens (tertiary/aromatic N) is 9. The van der Waals surface area contributed by atoms with Crippen LogP contribution in [0.2, 0.25) is 0 Å². The first kappa shape index (κ1) is 76.2. The van der Waals surface area contributed by atoms with Crippen molar-refractivity contribution in [1.29, 1.82) is 0 Å². The van der Waals surface area contributed by atoms with Crippen LogP contribution in [0.25, 0.3) is 41.6 Å². The number of fused-ring (bicyclic) bond motifs is 4. The summed E-state index contributed by atoms with van der Waals surface area (Å²) in [5, 5.41) is 2.63. The van der Waals surface area contributed by atoms with E-state index in [2.05, 4.69) is 189 Å². The molecule has 0 N–H and O–H groups in total. The predicted molar refractivity (Wildman–Crippen MR) is 376 cm³/mol. The van der Waals surface area contributed by atoms with Gasteiger partial charge < -0.3 is 72.5 Å². The fraction of sp³-hybridized carbons (Fsp3) is 0.667. The van der Waals surface area contributed by atoms with Crippen molar-refractivity contribution in [2.24, 2.45) is 0 Å². The molecule has 0 spiro atoms. The van der Waals surface area contributed by atoms with Crippen molar-refractivity contribution in [3.63, 3.8) is 0 Å². The summed E-state index contributed by atoms with van der Waals surface area (Å²) in [5.41, 5.74) is 13.6. The first-order chi connectivity index (χ1) is 40.0. The second-order valence-electron chi connectivity index (χ2n) is 25.7. The van der Waals surface area contributed by atoms with Gasteiger partial charge in [0.1, 0.15) is 33.9 Å². The summed E-state index contributed by atoms with van der Waals surface area (Å²) in [6.45, 7) is 4.60. The van der Waals surface area contributed by atoms with Gasteiger partial charge in [-0.2, -0.15) is 0 Å². The second kappa shape index (κ2) is 41.3. The first-order valence-electron chi connectivity index (χ1n) is 33.2. The number of hydrogen-bond donors (Lipinski definition) is 0. The molecule has 2 aromatic carbocycles. The average molecular weight is 1430 g/mol. The predicted octanol–water partition coefficient (Wildman–Crippen LogP) is 12.0. The number of aryl methyl sites for hydroxylation is 1. The molecule has 0 saturated heterocycles. The molecule has 85 heavy (non-hydrogen) atoms. The Morgan fingerprint density at radius 1 is 0.365 bits per heavy atom. The van der Waals surface area contributed by atoms with Crippen LogP contribution in [-0.4, -0.2) is 109 Å². The number of benzene rings is 4. The number of rotatable bonds is 37. The topological polar surface area (TPSA) is 48.0 Å². The normalized spacial score (nSPS) is 11.2. The van der Waals surface area contributed by atoms with Crippen LogP contribution in [-0.2, 0) is 12.8 Å². The standard InChI is InChI=1S/C37H62N5S.C35H57N4S.2HI/c1-10-11-12-13-14-15-16-17-18-19-20-21-22-23-24-25-30-34(40(4)5)33-37(36(42(8)9)35(30)41(6)7)43-32-28-29(39(2)3)26-27-31(32)38-33;1-8-9-10-11-12-13-14-15-16-17-18-19-20-21-22-23-28-26-31-35(34(39(6)7)33(28)38(4)5)40-32-27-29(37(2)3)24-25-30(32)36-31;;/h26-28H,10-25H2,1-9H3;24-27H,8-23H2,1-7H3;2*1H/q2*+1;;/p-2. The van der Waals surface area contributed by atoms with E-state index in [1.165, 1.54) is 262 Å². The molecule has 0 radical (unpaired) electrons. The minimum atomic E-state index is 0. The summed E-state index contributed by atoms with van der Waals surface area (Å²) in [6, 6.07) is 15.6. The van der Waals surface area contributed by atoms with Crippen LogP contribution >= 0.6 is 22.7 Å². The summed E-state index contributed by atoms with van der Waals surface area (Å²) in [5.74, 6) is 0. The van der Waals surface area contributed by atoms with Gasteiger partial charge in [0.2, 0.25) is 10.7 Å². The molecule has 0 aromatic heterocycles. The zero-order valence-corrected chi connectivity index (χ0v) is 62.7. The zero-order valence-electron chi connectivity index (χ0n) is 56.8. The SMILES string of the molecule is CCCCCCCCCCCCCCCCCc1c(N(C)C)c(N(C)C)c2sc3cc(N(C)C)ccc3nc-2c1=[N+](C)C.CCCCCCCCCCCCCCCCCc1cc2nc3ccc(N(C)C)cc3sc-2c(N(C)C)c1=[N+](C)C.[I-].[I-]. The van der Waals surface area contributed by atoms with Crippen LogP contribution in [0.15, 0.2) is 42.5 Å². The van der Waals surface area contributed by atoms with Crippen molar-refractivity contribution in [3.8, 4) is 21.1 Å². The Labute approximate surface area is 561 Å². The highest BCUT2D eigenvalue weighted by Crippen LogP contribution is 2.44. The molecule has 2 aliphatic carbocycles. The molecule has 0 unspecified atom stereocenters. The van der Waals surface area contributed by atoms with Crippen molar-refractivity contribution >= 4 is 71.5 Å². The van der Waals surface area contributed by atoms with Gasteiger partial charge in [0.05, 0.1) is 52.8 Å². The summed E-state index contributed by atoms with van der Waals surface area (Å²) in [4.78, 5) is 24.3. The van der Waals surface area contributed by atoms with Crippen LogP contribution in [0.4, 0.5) is 28.4 Å². The monoisotopic (exact) mass is 1430 g/mol. The molecule has 2 heterocycles. The van der Waals surface area contributed by atoms with Crippen LogP contribution < -0.4 is 92.3 Å². The van der Waals surface area contributed by atoms with Crippen LogP contribution in [0.5, 0.6) is 0 Å². The number of anilines is 5. The third kappa shape index (κ3) is 24.0. The van der Waals surface area contributed by atoms with Gasteiger partial charge >= 0.3 is 0 Å². The Bertz CT molecular complexity index is 2910. The molecule has 6 rings (SSSR count). The van der Waals surface area contributed by atoms with Gasteiger partial charge in [-0.05, 0) is 68.1 Å². The Balaban J connectivity index is 0.000000436. The van der Waals surface area contributed by atoms with Crippen molar-refractivity contribution in [2.75, 3.05) is 123 Å². The molecule has 2 aliphatic heterocycles. The molecule has 478 valence electrons. The van der Waals surface area contributed by atoms with E-state index >= 15 is 0 Å². The molecule has 0 saturated carbocycles. The van der Waals surface area contributed by atoms with E-state index < -0.39 is 0 Å². The van der Waals surface area contributed by atoms with E-state index in [1.807, 2.05) is 22.7 Å². The molecule has 0 atom stereocenters. The Hall–Kier alpha value is -3.02. The quantitative estimate of drug-likeness (QED) is 0.0167. The number of hydrogen-bond acceptors (Lipinski definition) is 9. The lowest BCUT2D eigenvalue weighted by Gasteiger charge is -2.28. The lowest BCUT2D eigenvalue weighted by molar-refractivity contribution is -0.00100. The molecule has 0 bridgehead atoms. The Kier molecular flexibility index (Phi) is 37.0. The Morgan fingerprint density at radius 3 is 1.08 bits per heavy atom. The van der Waals surface area contributed by atoms with E-state index in [0.29, 0.717) is 0 Å². The van der Waals surface area contributed by atoms with Crippen LogP contribution in [0.3, 0.4) is 0 Å². The minimum absolute atomic E-state index is 0. The third-order valence-corrected chi connectivity index (χ3v) is 19.2. The summed E-state index contributed by atoms with van der Waals surface area (Å²) in [7, 11) is 30.3. The van der Waals surface area contributed by atoms with E-state index in [4.69, 9.17) is 9.97 Å². The van der Waals surface area contributed by atoms with Crippen molar-refractivity contribution in [3.05, 3.63) is 64.3 Å². The molecule has 0 amide bonds. The summed E-state index contributed by atoms with van der Waals surface area (Å²) in [6.07, 6.45) is 44.2. The summed E-state index contributed by atoms with van der Waals surface area (Å²) < 4.78 is 7.07. The number of aromatic nitrogens is 2. The molecule has 9 nitrogen and oxygen atoms in total. The van der Waals surface area contributed by atoms with E-state index in [1.54, 1.807) is 0 Å².